The number of aliphatic hydroxyl groups is 1. The smallest absolute Gasteiger partial charge is 0.145 e. The van der Waals surface area contributed by atoms with E-state index in [0.29, 0.717) is 5.92 Å². The molecule has 2 N–H and O–H groups in total. The Labute approximate surface area is 166 Å². The van der Waals surface area contributed by atoms with E-state index in [1.54, 1.807) is 0 Å². The molecule has 0 amide bonds. The Morgan fingerprint density at radius 2 is 1.75 bits per heavy atom. The highest BCUT2D eigenvalue weighted by molar-refractivity contribution is 5.90. The van der Waals surface area contributed by atoms with Crippen molar-refractivity contribution in [3.63, 3.8) is 0 Å². The van der Waals surface area contributed by atoms with Crippen molar-refractivity contribution in [2.45, 2.75) is 38.8 Å². The first-order valence-electron chi connectivity index (χ1n) is 10.2. The van der Waals surface area contributed by atoms with Crippen LogP contribution in [0.4, 0.5) is 11.5 Å². The topological polar surface area (TPSA) is 61.3 Å². The maximum atomic E-state index is 10.1. The van der Waals surface area contributed by atoms with Gasteiger partial charge in [-0.3, -0.25) is 4.90 Å². The number of nitrogens with one attached hydrogen (secondary N) is 1. The molecule has 2 heterocycles. The Hall–Kier alpha value is -2.50. The average Bonchev–Trinajstić information content (AvgIpc) is 2.74. The molecule has 0 unspecified atom stereocenters. The third-order valence-corrected chi connectivity index (χ3v) is 5.65. The molecule has 0 saturated carbocycles. The van der Waals surface area contributed by atoms with Crippen molar-refractivity contribution in [1.29, 1.82) is 0 Å². The van der Waals surface area contributed by atoms with Crippen LogP contribution in [0.5, 0.6) is 0 Å². The number of nitrogens with zero attached hydrogens (tertiary/aromatic N) is 3. The van der Waals surface area contributed by atoms with Crippen molar-refractivity contribution in [2.24, 2.45) is 5.92 Å². The Bertz CT molecular complexity index is 907. The molecule has 1 aliphatic rings. The highest BCUT2D eigenvalue weighted by Crippen LogP contribution is 2.26. The van der Waals surface area contributed by atoms with E-state index >= 15 is 0 Å². The number of anilines is 2. The van der Waals surface area contributed by atoms with Gasteiger partial charge in [0, 0.05) is 11.1 Å². The number of piperidine rings is 1. The Morgan fingerprint density at radius 3 is 2.50 bits per heavy atom. The fraction of sp³-hybridized carbons (Fsp3) is 0.391. The lowest BCUT2D eigenvalue weighted by Gasteiger charge is -2.33. The van der Waals surface area contributed by atoms with Crippen LogP contribution in [0, 0.1) is 5.92 Å². The SMILES string of the molecule is CC[C@H](O)C1CCN(Cc2nc(Nc3ccccc3)c3ccccc3n2)CC1. The summed E-state index contributed by atoms with van der Waals surface area (Å²) in [5, 5.41) is 14.6. The number of likely N-dealkylation sites (tertiary alicyclic amines) is 1. The first-order chi connectivity index (χ1) is 13.7. The van der Waals surface area contributed by atoms with E-state index < -0.39 is 0 Å². The molecule has 1 saturated heterocycles. The summed E-state index contributed by atoms with van der Waals surface area (Å²) >= 11 is 0. The molecule has 5 nitrogen and oxygen atoms in total. The van der Waals surface area contributed by atoms with Crippen molar-refractivity contribution in [3.05, 3.63) is 60.4 Å². The van der Waals surface area contributed by atoms with E-state index in [-0.39, 0.29) is 6.10 Å². The molecule has 1 fully saturated rings. The number of aromatic nitrogens is 2. The van der Waals surface area contributed by atoms with Crippen LogP contribution in [0.1, 0.15) is 32.0 Å². The molecule has 0 aliphatic carbocycles. The normalized spacial score (nSPS) is 16.9. The first-order valence-corrected chi connectivity index (χ1v) is 10.2. The van der Waals surface area contributed by atoms with Gasteiger partial charge in [-0.1, -0.05) is 37.3 Å². The summed E-state index contributed by atoms with van der Waals surface area (Å²) in [4.78, 5) is 12.0. The van der Waals surface area contributed by atoms with Crippen molar-refractivity contribution < 1.29 is 5.11 Å². The van der Waals surface area contributed by atoms with Crippen molar-refractivity contribution in [1.82, 2.24) is 14.9 Å². The second-order valence-electron chi connectivity index (χ2n) is 7.59. The molecule has 2 aromatic carbocycles. The monoisotopic (exact) mass is 376 g/mol. The van der Waals surface area contributed by atoms with Gasteiger partial charge in [0.25, 0.3) is 0 Å². The van der Waals surface area contributed by atoms with Crippen LogP contribution < -0.4 is 5.32 Å². The fourth-order valence-electron chi connectivity index (χ4n) is 3.98. The summed E-state index contributed by atoms with van der Waals surface area (Å²) in [7, 11) is 0. The fourth-order valence-corrected chi connectivity index (χ4v) is 3.98. The summed E-state index contributed by atoms with van der Waals surface area (Å²) < 4.78 is 0. The second kappa shape index (κ2) is 8.67. The van der Waals surface area contributed by atoms with Gasteiger partial charge in [-0.2, -0.15) is 0 Å². The largest absolute Gasteiger partial charge is 0.393 e. The highest BCUT2D eigenvalue weighted by Gasteiger charge is 2.24. The van der Waals surface area contributed by atoms with E-state index in [2.05, 4.69) is 23.2 Å². The van der Waals surface area contributed by atoms with Gasteiger partial charge in [-0.15, -0.1) is 0 Å². The number of hydrogen-bond acceptors (Lipinski definition) is 5. The molecular weight excluding hydrogens is 348 g/mol. The van der Waals surface area contributed by atoms with Gasteiger partial charge in [0.2, 0.25) is 0 Å². The zero-order valence-electron chi connectivity index (χ0n) is 16.4. The number of aliphatic hydroxyl groups excluding tert-OH is 1. The summed E-state index contributed by atoms with van der Waals surface area (Å²) in [5.41, 5.74) is 1.98. The van der Waals surface area contributed by atoms with E-state index in [4.69, 9.17) is 9.97 Å². The minimum Gasteiger partial charge on any atom is -0.393 e. The highest BCUT2D eigenvalue weighted by atomic mass is 16.3. The molecule has 1 atom stereocenters. The lowest BCUT2D eigenvalue weighted by molar-refractivity contribution is 0.0543. The number of rotatable bonds is 6. The maximum Gasteiger partial charge on any atom is 0.145 e. The molecule has 1 aliphatic heterocycles. The number of benzene rings is 2. The second-order valence-corrected chi connectivity index (χ2v) is 7.59. The third-order valence-electron chi connectivity index (χ3n) is 5.65. The zero-order chi connectivity index (χ0) is 19.3. The predicted octanol–water partition coefficient (Wildman–Crippen LogP) is 4.36. The van der Waals surface area contributed by atoms with Crippen LogP contribution in [0.15, 0.2) is 54.6 Å². The summed E-state index contributed by atoms with van der Waals surface area (Å²) in [5.74, 6) is 2.11. The van der Waals surface area contributed by atoms with Crippen LogP contribution >= 0.6 is 0 Å². The molecule has 3 aromatic rings. The van der Waals surface area contributed by atoms with Crippen LogP contribution in [-0.2, 0) is 6.54 Å². The molecule has 4 rings (SSSR count). The number of fused-ring (bicyclic) bond motifs is 1. The van der Waals surface area contributed by atoms with Gasteiger partial charge in [0.1, 0.15) is 11.6 Å². The van der Waals surface area contributed by atoms with E-state index in [1.807, 2.05) is 48.5 Å². The van der Waals surface area contributed by atoms with Crippen LogP contribution in [0.3, 0.4) is 0 Å². The molecular formula is C23H28N4O. The quantitative estimate of drug-likeness (QED) is 0.669. The molecule has 1 aromatic heterocycles. The Morgan fingerprint density at radius 1 is 1.04 bits per heavy atom. The molecule has 146 valence electrons. The minimum absolute atomic E-state index is 0.166. The molecule has 0 spiro atoms. The summed E-state index contributed by atoms with van der Waals surface area (Å²) in [6.07, 6.45) is 2.75. The number of hydrogen-bond donors (Lipinski definition) is 2. The van der Waals surface area contributed by atoms with Gasteiger partial charge in [-0.25, -0.2) is 9.97 Å². The van der Waals surface area contributed by atoms with Crippen molar-refractivity contribution in [2.75, 3.05) is 18.4 Å². The molecule has 28 heavy (non-hydrogen) atoms. The molecule has 0 bridgehead atoms. The lowest BCUT2D eigenvalue weighted by atomic mass is 9.90. The van der Waals surface area contributed by atoms with Crippen molar-refractivity contribution in [3.8, 4) is 0 Å². The van der Waals surface area contributed by atoms with Gasteiger partial charge in [-0.05, 0) is 62.5 Å². The zero-order valence-corrected chi connectivity index (χ0v) is 16.4. The van der Waals surface area contributed by atoms with E-state index in [0.717, 1.165) is 67.1 Å². The summed E-state index contributed by atoms with van der Waals surface area (Å²) in [6, 6.07) is 18.3. The van der Waals surface area contributed by atoms with Crippen LogP contribution in [0.25, 0.3) is 10.9 Å². The molecule has 5 heteroatoms. The van der Waals surface area contributed by atoms with E-state index in [1.165, 1.54) is 0 Å². The summed E-state index contributed by atoms with van der Waals surface area (Å²) in [6.45, 7) is 4.77. The minimum atomic E-state index is -0.166. The van der Waals surface area contributed by atoms with Gasteiger partial charge < -0.3 is 10.4 Å². The average molecular weight is 377 g/mol. The van der Waals surface area contributed by atoms with Crippen molar-refractivity contribution >= 4 is 22.4 Å². The number of para-hydroxylation sites is 2. The predicted molar refractivity (Wildman–Crippen MR) is 114 cm³/mol. The first kappa shape index (κ1) is 18.8. The lowest BCUT2D eigenvalue weighted by Crippen LogP contribution is -2.37. The standard InChI is InChI=1S/C23H28N4O/c1-2-21(28)17-12-14-27(15-13-17)16-22-25-20-11-7-6-10-19(20)23(26-22)24-18-8-4-3-5-9-18/h3-11,17,21,28H,2,12-16H2,1H3,(H,24,25,26)/t21-/m0/s1. The van der Waals surface area contributed by atoms with Gasteiger partial charge in [0.05, 0.1) is 18.2 Å². The maximum absolute atomic E-state index is 10.1. The van der Waals surface area contributed by atoms with E-state index in [9.17, 15) is 5.11 Å². The van der Waals surface area contributed by atoms with Crippen LogP contribution in [0.2, 0.25) is 0 Å². The molecule has 0 radical (unpaired) electrons. The third kappa shape index (κ3) is 4.32. The Kier molecular flexibility index (Phi) is 5.84. The Balaban J connectivity index is 1.53. The van der Waals surface area contributed by atoms with Gasteiger partial charge >= 0.3 is 0 Å². The van der Waals surface area contributed by atoms with Crippen LogP contribution in [-0.4, -0.2) is 39.2 Å². The van der Waals surface area contributed by atoms with Gasteiger partial charge in [0.15, 0.2) is 0 Å².